The van der Waals surface area contributed by atoms with E-state index in [0.29, 0.717) is 19.3 Å². The van der Waals surface area contributed by atoms with Crippen molar-refractivity contribution in [3.05, 3.63) is 72.9 Å². The molecule has 0 aromatic carbocycles. The molecule has 4 N–H and O–H groups in total. The molecule has 3 atom stereocenters. The van der Waals surface area contributed by atoms with Gasteiger partial charge in [0.15, 0.2) is 6.10 Å². The zero-order chi connectivity index (χ0) is 44.2. The van der Waals surface area contributed by atoms with Crippen molar-refractivity contribution in [3.8, 4) is 0 Å². The first kappa shape index (κ1) is 56.9. The Morgan fingerprint density at radius 3 is 1.43 bits per heavy atom. The summed E-state index contributed by atoms with van der Waals surface area (Å²) in [7, 11) is -4.74. The molecule has 12 heteroatoms. The number of phosphoric ester groups is 1. The summed E-state index contributed by atoms with van der Waals surface area (Å²) < 4.78 is 32.6. The molecule has 344 valence electrons. The summed E-state index contributed by atoms with van der Waals surface area (Å²) in [5.74, 6) is -2.49. The Hall–Kier alpha value is -3.08. The molecular formula is C48H82NO10P. The van der Waals surface area contributed by atoms with Crippen LogP contribution in [0.3, 0.4) is 0 Å². The Labute approximate surface area is 363 Å². The Morgan fingerprint density at radius 1 is 0.517 bits per heavy atom. The zero-order valence-electron chi connectivity index (χ0n) is 37.3. The molecular weight excluding hydrogens is 781 g/mol. The molecule has 0 aromatic heterocycles. The number of carboxylic acid groups (broad SMARTS) is 1. The zero-order valence-corrected chi connectivity index (χ0v) is 38.2. The lowest BCUT2D eigenvalue weighted by molar-refractivity contribution is -0.161. The van der Waals surface area contributed by atoms with Gasteiger partial charge in [0.2, 0.25) is 0 Å². The summed E-state index contributed by atoms with van der Waals surface area (Å²) in [5, 5.41) is 8.90. The number of unbranched alkanes of at least 4 members (excludes halogenated alkanes) is 16. The Morgan fingerprint density at radius 2 is 0.917 bits per heavy atom. The average Bonchev–Trinajstić information content (AvgIpc) is 3.22. The van der Waals surface area contributed by atoms with Crippen LogP contribution in [0.25, 0.3) is 0 Å². The molecule has 0 rings (SSSR count). The van der Waals surface area contributed by atoms with Crippen LogP contribution in [0, 0.1) is 0 Å². The third-order valence-corrected chi connectivity index (χ3v) is 10.4. The Balaban J connectivity index is 4.47. The van der Waals surface area contributed by atoms with Crippen LogP contribution < -0.4 is 5.73 Å². The van der Waals surface area contributed by atoms with E-state index < -0.39 is 51.1 Å². The van der Waals surface area contributed by atoms with E-state index in [0.717, 1.165) is 51.4 Å². The van der Waals surface area contributed by atoms with E-state index in [1.807, 2.05) is 12.2 Å². The van der Waals surface area contributed by atoms with Gasteiger partial charge in [0.1, 0.15) is 12.6 Å². The van der Waals surface area contributed by atoms with Crippen LogP contribution in [0.2, 0.25) is 0 Å². The molecule has 0 heterocycles. The highest BCUT2D eigenvalue weighted by molar-refractivity contribution is 7.47. The van der Waals surface area contributed by atoms with Crippen LogP contribution in [0.5, 0.6) is 0 Å². The number of hydrogen-bond donors (Lipinski definition) is 3. The molecule has 60 heavy (non-hydrogen) atoms. The molecule has 0 amide bonds. The Kier molecular flexibility index (Phi) is 40.4. The molecule has 0 aliphatic heterocycles. The summed E-state index contributed by atoms with van der Waals surface area (Å²) in [5.41, 5.74) is 5.33. The number of carbonyl (C=O) groups excluding carboxylic acids is 2. The average molecular weight is 864 g/mol. The largest absolute Gasteiger partial charge is 0.480 e. The maximum Gasteiger partial charge on any atom is 0.472 e. The summed E-state index contributed by atoms with van der Waals surface area (Å²) in [4.78, 5) is 46.0. The van der Waals surface area contributed by atoms with Crippen molar-refractivity contribution in [1.29, 1.82) is 0 Å². The predicted octanol–water partition coefficient (Wildman–Crippen LogP) is 12.5. The number of phosphoric acid groups is 1. The first-order valence-electron chi connectivity index (χ1n) is 23.0. The minimum atomic E-state index is -4.74. The molecule has 0 bridgehead atoms. The van der Waals surface area contributed by atoms with Gasteiger partial charge in [-0.1, -0.05) is 164 Å². The van der Waals surface area contributed by atoms with E-state index in [2.05, 4.69) is 79.1 Å². The number of ether oxygens (including phenoxy) is 2. The third-order valence-electron chi connectivity index (χ3n) is 9.44. The van der Waals surface area contributed by atoms with Gasteiger partial charge in [-0.2, -0.15) is 0 Å². The van der Waals surface area contributed by atoms with Gasteiger partial charge in [-0.15, -0.1) is 0 Å². The van der Waals surface area contributed by atoms with Crippen LogP contribution in [-0.2, 0) is 37.5 Å². The smallest absolute Gasteiger partial charge is 0.472 e. The van der Waals surface area contributed by atoms with Gasteiger partial charge in [0.25, 0.3) is 0 Å². The third kappa shape index (κ3) is 41.6. The van der Waals surface area contributed by atoms with E-state index >= 15 is 0 Å². The van der Waals surface area contributed by atoms with Gasteiger partial charge in [-0.05, 0) is 77.0 Å². The quantitative estimate of drug-likeness (QED) is 0.0231. The minimum Gasteiger partial charge on any atom is -0.480 e. The van der Waals surface area contributed by atoms with Crippen molar-refractivity contribution in [3.63, 3.8) is 0 Å². The Bertz CT molecular complexity index is 1290. The van der Waals surface area contributed by atoms with E-state index in [4.69, 9.17) is 24.8 Å². The van der Waals surface area contributed by atoms with Crippen molar-refractivity contribution in [2.24, 2.45) is 5.73 Å². The second-order valence-electron chi connectivity index (χ2n) is 15.2. The van der Waals surface area contributed by atoms with Crippen molar-refractivity contribution in [2.45, 2.75) is 193 Å². The summed E-state index contributed by atoms with van der Waals surface area (Å²) >= 11 is 0. The van der Waals surface area contributed by atoms with Gasteiger partial charge in [-0.3, -0.25) is 23.4 Å². The number of carbonyl (C=O) groups is 3. The maximum atomic E-state index is 12.6. The van der Waals surface area contributed by atoms with E-state index in [1.54, 1.807) is 0 Å². The normalized spacial score (nSPS) is 14.3. The lowest BCUT2D eigenvalue weighted by Gasteiger charge is -2.20. The first-order chi connectivity index (χ1) is 29.1. The van der Waals surface area contributed by atoms with Crippen LogP contribution in [0.15, 0.2) is 72.9 Å². The van der Waals surface area contributed by atoms with Crippen molar-refractivity contribution >= 4 is 25.7 Å². The molecule has 11 nitrogen and oxygen atoms in total. The summed E-state index contributed by atoms with van der Waals surface area (Å²) in [6, 6.07) is -1.54. The lowest BCUT2D eigenvalue weighted by Crippen LogP contribution is -2.34. The number of rotatable bonds is 42. The van der Waals surface area contributed by atoms with Gasteiger partial charge in [-0.25, -0.2) is 4.57 Å². The van der Waals surface area contributed by atoms with E-state index in [1.165, 1.54) is 83.5 Å². The molecule has 0 saturated heterocycles. The predicted molar refractivity (Wildman–Crippen MR) is 244 cm³/mol. The van der Waals surface area contributed by atoms with Gasteiger partial charge < -0.3 is 25.2 Å². The monoisotopic (exact) mass is 864 g/mol. The maximum absolute atomic E-state index is 12.6. The number of esters is 2. The van der Waals surface area contributed by atoms with Crippen LogP contribution >= 0.6 is 7.82 Å². The summed E-state index contributed by atoms with van der Waals surface area (Å²) in [6.45, 7) is 2.69. The lowest BCUT2D eigenvalue weighted by atomic mass is 10.1. The van der Waals surface area contributed by atoms with E-state index in [-0.39, 0.29) is 19.4 Å². The fourth-order valence-electron chi connectivity index (χ4n) is 5.81. The number of carboxylic acids is 1. The topological polar surface area (TPSA) is 172 Å². The fraction of sp³-hybridized carbons (Fsp3) is 0.688. The molecule has 0 spiro atoms. The number of hydrogen-bond acceptors (Lipinski definition) is 9. The molecule has 1 unspecified atom stereocenters. The second-order valence-corrected chi connectivity index (χ2v) is 16.6. The van der Waals surface area contributed by atoms with Crippen LogP contribution in [0.4, 0.5) is 0 Å². The molecule has 0 aliphatic rings. The first-order valence-corrected chi connectivity index (χ1v) is 24.5. The highest BCUT2D eigenvalue weighted by atomic mass is 31.2. The van der Waals surface area contributed by atoms with Gasteiger partial charge in [0.05, 0.1) is 13.2 Å². The van der Waals surface area contributed by atoms with E-state index in [9.17, 15) is 23.8 Å². The van der Waals surface area contributed by atoms with Crippen molar-refractivity contribution < 1.29 is 47.5 Å². The molecule has 0 radical (unpaired) electrons. The van der Waals surface area contributed by atoms with Gasteiger partial charge in [0, 0.05) is 12.8 Å². The van der Waals surface area contributed by atoms with Crippen molar-refractivity contribution in [1.82, 2.24) is 0 Å². The number of nitrogens with two attached hydrogens (primary N) is 1. The second kappa shape index (κ2) is 42.6. The molecule has 0 aromatic rings. The highest BCUT2D eigenvalue weighted by Gasteiger charge is 2.28. The number of aliphatic carboxylic acids is 1. The molecule has 0 saturated carbocycles. The highest BCUT2D eigenvalue weighted by Crippen LogP contribution is 2.43. The van der Waals surface area contributed by atoms with Crippen molar-refractivity contribution in [2.75, 3.05) is 19.8 Å². The van der Waals surface area contributed by atoms with Crippen LogP contribution in [0.1, 0.15) is 181 Å². The standard InChI is InChI=1S/C48H82NO10P/c1-3-5-7-9-11-13-15-17-19-21-22-24-26-28-30-32-34-36-38-40-47(51)59-44(42-57-60(54,55)58-43-45(49)48(52)53)41-56-46(50)39-37-35-33-31-29-27-25-23-20-18-16-14-12-10-8-6-4-2/h11,13,17-20,22,24,28,30,34,36,44-45H,3-10,12,14-16,21,23,25-27,29,31-33,35,37-43,49H2,1-2H3,(H,52,53)(H,54,55)/b13-11+,19-17+,20-18+,24-22+,30-28+,36-34+/t44-,45+/m1/s1. The van der Waals surface area contributed by atoms with Gasteiger partial charge >= 0.3 is 25.7 Å². The molecule has 0 aliphatic carbocycles. The van der Waals surface area contributed by atoms with Crippen LogP contribution in [-0.4, -0.2) is 59.9 Å². The minimum absolute atomic E-state index is 0.0340. The summed E-state index contributed by atoms with van der Waals surface area (Å²) in [6.07, 6.45) is 51.2. The molecule has 0 fully saturated rings. The number of allylic oxidation sites excluding steroid dienone is 12. The SMILES string of the molecule is CCCCC/C=C/C/C=C/C/C=C/C/C=C/C/C=C/CCC(=O)O[C@H](COC(=O)CCCCCCCCC/C=C/CCCCCCCC)COP(=O)(O)OC[C@H](N)C(=O)O. The fourth-order valence-corrected chi connectivity index (χ4v) is 6.58.